The van der Waals surface area contributed by atoms with E-state index in [1.807, 2.05) is 31.2 Å². The van der Waals surface area contributed by atoms with Crippen LogP contribution in [0.1, 0.15) is 21.5 Å². The quantitative estimate of drug-likeness (QED) is 0.528. The Morgan fingerprint density at radius 1 is 1.11 bits per heavy atom. The first-order valence-corrected chi connectivity index (χ1v) is 9.81. The van der Waals surface area contributed by atoms with Crippen LogP contribution in [-0.2, 0) is 30.9 Å². The van der Waals surface area contributed by atoms with Crippen molar-refractivity contribution in [1.29, 1.82) is 0 Å². The molecule has 0 saturated carbocycles. The number of hydrogen-bond donors (Lipinski definition) is 1. The van der Waals surface area contributed by atoms with E-state index in [-0.39, 0.29) is 10.5 Å². The summed E-state index contributed by atoms with van der Waals surface area (Å²) in [7, 11) is -1.45. The molecule has 1 amide bonds. The maximum Gasteiger partial charge on any atom is 0.338 e. The van der Waals surface area contributed by atoms with Gasteiger partial charge in [-0.25, -0.2) is 13.2 Å². The summed E-state index contributed by atoms with van der Waals surface area (Å²) in [5, 5.41) is 2.67. The number of hydroxylamine groups is 1. The fourth-order valence-electron chi connectivity index (χ4n) is 2.30. The van der Waals surface area contributed by atoms with E-state index in [1.165, 1.54) is 38.4 Å². The number of amides is 1. The van der Waals surface area contributed by atoms with Crippen molar-refractivity contribution in [2.75, 3.05) is 20.8 Å². The summed E-state index contributed by atoms with van der Waals surface area (Å²) in [6.07, 6.45) is 0. The topological polar surface area (TPSA) is 102 Å². The summed E-state index contributed by atoms with van der Waals surface area (Å²) in [6, 6.07) is 12.9. The van der Waals surface area contributed by atoms with Gasteiger partial charge in [-0.15, -0.1) is 0 Å². The molecular weight excluding hydrogens is 384 g/mol. The third-order valence-electron chi connectivity index (χ3n) is 4.03. The van der Waals surface area contributed by atoms with Crippen molar-refractivity contribution < 1.29 is 27.6 Å². The number of carbonyl (C=O) groups excluding carboxylic acids is 2. The van der Waals surface area contributed by atoms with Crippen molar-refractivity contribution in [2.45, 2.75) is 18.4 Å². The fraction of sp³-hybridized carbons (Fsp3) is 0.263. The molecule has 28 heavy (non-hydrogen) atoms. The molecule has 0 bridgehead atoms. The molecule has 0 heterocycles. The van der Waals surface area contributed by atoms with Crippen molar-refractivity contribution in [3.63, 3.8) is 0 Å². The van der Waals surface area contributed by atoms with Gasteiger partial charge in [-0.1, -0.05) is 34.8 Å². The number of nitrogens with one attached hydrogen (secondary N) is 1. The standard InChI is InChI=1S/C19H22N2O6S/c1-14-7-4-5-8-16(14)12-20-18(22)13-27-19(23)15-9-6-10-17(11-15)28(24,25)21(2)26-3/h4-11H,12-13H2,1-3H3,(H,20,22). The van der Waals surface area contributed by atoms with Gasteiger partial charge in [0, 0.05) is 13.6 Å². The summed E-state index contributed by atoms with van der Waals surface area (Å²) >= 11 is 0. The molecule has 0 unspecified atom stereocenters. The lowest BCUT2D eigenvalue weighted by Gasteiger charge is -2.14. The van der Waals surface area contributed by atoms with Crippen LogP contribution in [0.15, 0.2) is 53.4 Å². The van der Waals surface area contributed by atoms with E-state index >= 15 is 0 Å². The SMILES string of the molecule is CON(C)S(=O)(=O)c1cccc(C(=O)OCC(=O)NCc2ccccc2C)c1. The second-order valence-corrected chi connectivity index (χ2v) is 7.84. The van der Waals surface area contributed by atoms with Gasteiger partial charge in [0.25, 0.3) is 15.9 Å². The first kappa shape index (κ1) is 21.5. The van der Waals surface area contributed by atoms with E-state index in [1.54, 1.807) is 0 Å². The third-order valence-corrected chi connectivity index (χ3v) is 5.71. The molecular formula is C19H22N2O6S. The molecule has 1 N–H and O–H groups in total. The van der Waals surface area contributed by atoms with E-state index in [2.05, 4.69) is 5.32 Å². The molecule has 0 atom stereocenters. The van der Waals surface area contributed by atoms with Gasteiger partial charge in [0.15, 0.2) is 6.61 Å². The van der Waals surface area contributed by atoms with E-state index in [4.69, 9.17) is 9.57 Å². The van der Waals surface area contributed by atoms with Gasteiger partial charge >= 0.3 is 5.97 Å². The minimum Gasteiger partial charge on any atom is -0.452 e. The van der Waals surface area contributed by atoms with Crippen molar-refractivity contribution in [1.82, 2.24) is 9.79 Å². The highest BCUT2D eigenvalue weighted by molar-refractivity contribution is 7.89. The number of aryl methyl sites for hydroxylation is 1. The molecule has 0 spiro atoms. The lowest BCUT2D eigenvalue weighted by Crippen LogP contribution is -2.28. The predicted molar refractivity (Wildman–Crippen MR) is 102 cm³/mol. The van der Waals surface area contributed by atoms with Crippen LogP contribution in [0.5, 0.6) is 0 Å². The maximum atomic E-state index is 12.2. The van der Waals surface area contributed by atoms with Gasteiger partial charge in [0.05, 0.1) is 17.6 Å². The number of rotatable bonds is 8. The number of benzene rings is 2. The van der Waals surface area contributed by atoms with E-state index in [9.17, 15) is 18.0 Å². The monoisotopic (exact) mass is 406 g/mol. The lowest BCUT2D eigenvalue weighted by molar-refractivity contribution is -0.124. The van der Waals surface area contributed by atoms with Gasteiger partial charge in [0.1, 0.15) is 0 Å². The Kier molecular flexibility index (Phi) is 7.27. The molecule has 0 fully saturated rings. The molecule has 9 heteroatoms. The molecule has 2 aromatic rings. The first-order valence-electron chi connectivity index (χ1n) is 8.37. The Labute approximate surface area is 164 Å². The first-order chi connectivity index (χ1) is 13.3. The highest BCUT2D eigenvalue weighted by Crippen LogP contribution is 2.16. The average Bonchev–Trinajstić information content (AvgIpc) is 2.70. The third kappa shape index (κ3) is 5.38. The van der Waals surface area contributed by atoms with Crippen LogP contribution in [0, 0.1) is 6.92 Å². The van der Waals surface area contributed by atoms with Crippen LogP contribution in [0.25, 0.3) is 0 Å². The van der Waals surface area contributed by atoms with Crippen LogP contribution in [0.4, 0.5) is 0 Å². The summed E-state index contributed by atoms with van der Waals surface area (Å²) in [6.45, 7) is 1.78. The van der Waals surface area contributed by atoms with Crippen LogP contribution >= 0.6 is 0 Å². The Morgan fingerprint density at radius 3 is 2.50 bits per heavy atom. The zero-order valence-electron chi connectivity index (χ0n) is 15.8. The van der Waals surface area contributed by atoms with Crippen LogP contribution in [0.3, 0.4) is 0 Å². The Hall–Kier alpha value is -2.75. The second-order valence-electron chi connectivity index (χ2n) is 5.90. The van der Waals surface area contributed by atoms with Crippen molar-refractivity contribution >= 4 is 21.9 Å². The molecule has 0 radical (unpaired) electrons. The molecule has 0 aliphatic carbocycles. The number of nitrogens with zero attached hydrogens (tertiary/aromatic N) is 1. The van der Waals surface area contributed by atoms with Gasteiger partial charge in [0.2, 0.25) is 0 Å². The largest absolute Gasteiger partial charge is 0.452 e. The molecule has 0 aliphatic rings. The van der Waals surface area contributed by atoms with Gasteiger partial charge in [-0.05, 0) is 36.2 Å². The number of ether oxygens (including phenoxy) is 1. The normalized spacial score (nSPS) is 11.3. The lowest BCUT2D eigenvalue weighted by atomic mass is 10.1. The molecule has 0 saturated heterocycles. The van der Waals surface area contributed by atoms with Crippen molar-refractivity contribution in [3.05, 3.63) is 65.2 Å². The van der Waals surface area contributed by atoms with Gasteiger partial charge in [-0.2, -0.15) is 0 Å². The highest BCUT2D eigenvalue weighted by Gasteiger charge is 2.22. The number of esters is 1. The molecule has 0 aliphatic heterocycles. The Bertz CT molecular complexity index is 958. The minimum absolute atomic E-state index is 0.0114. The number of carbonyl (C=O) groups is 2. The molecule has 0 aromatic heterocycles. The Balaban J connectivity index is 1.95. The fourth-order valence-corrected chi connectivity index (χ4v) is 3.32. The van der Waals surface area contributed by atoms with Gasteiger partial charge in [-0.3, -0.25) is 9.63 Å². The van der Waals surface area contributed by atoms with E-state index < -0.39 is 28.5 Å². The molecule has 2 rings (SSSR count). The predicted octanol–water partition coefficient (Wildman–Crippen LogP) is 1.65. The van der Waals surface area contributed by atoms with Crippen molar-refractivity contribution in [2.24, 2.45) is 0 Å². The number of hydrogen-bond acceptors (Lipinski definition) is 6. The van der Waals surface area contributed by atoms with Crippen molar-refractivity contribution in [3.8, 4) is 0 Å². The van der Waals surface area contributed by atoms with Gasteiger partial charge < -0.3 is 10.1 Å². The van der Waals surface area contributed by atoms with Crippen LogP contribution < -0.4 is 5.32 Å². The summed E-state index contributed by atoms with van der Waals surface area (Å²) in [5.74, 6) is -1.26. The van der Waals surface area contributed by atoms with Crippen LogP contribution in [-0.4, -0.2) is 45.5 Å². The van der Waals surface area contributed by atoms with E-state index in [0.717, 1.165) is 11.1 Å². The number of sulfonamides is 1. The van der Waals surface area contributed by atoms with Crippen LogP contribution in [0.2, 0.25) is 0 Å². The Morgan fingerprint density at radius 2 is 1.82 bits per heavy atom. The second kappa shape index (κ2) is 9.45. The van der Waals surface area contributed by atoms with E-state index in [0.29, 0.717) is 11.0 Å². The zero-order valence-corrected chi connectivity index (χ0v) is 16.7. The average molecular weight is 406 g/mol. The maximum absolute atomic E-state index is 12.2. The smallest absolute Gasteiger partial charge is 0.338 e. The molecule has 8 nitrogen and oxygen atoms in total. The summed E-state index contributed by atoms with van der Waals surface area (Å²) in [4.78, 5) is 28.6. The summed E-state index contributed by atoms with van der Waals surface area (Å²) in [5.41, 5.74) is 2.01. The highest BCUT2D eigenvalue weighted by atomic mass is 32.2. The molecule has 150 valence electrons. The minimum atomic E-state index is -3.90. The molecule has 2 aromatic carbocycles. The zero-order chi connectivity index (χ0) is 20.7. The summed E-state index contributed by atoms with van der Waals surface area (Å²) < 4.78 is 30.1.